The third kappa shape index (κ3) is 3.68. The lowest BCUT2D eigenvalue weighted by atomic mass is 10.00. The van der Waals surface area contributed by atoms with Gasteiger partial charge in [0, 0.05) is 16.6 Å². The van der Waals surface area contributed by atoms with Gasteiger partial charge in [-0.25, -0.2) is 0 Å². The van der Waals surface area contributed by atoms with E-state index in [9.17, 15) is 4.79 Å². The molecule has 2 N–H and O–H groups in total. The number of piperidine rings is 1. The van der Waals surface area contributed by atoms with Crippen molar-refractivity contribution in [3.8, 4) is 0 Å². The second kappa shape index (κ2) is 6.73. The number of nitrogens with one attached hydrogen (secondary N) is 2. The van der Waals surface area contributed by atoms with Gasteiger partial charge in [-0.3, -0.25) is 4.79 Å². The van der Waals surface area contributed by atoms with Crippen molar-refractivity contribution in [2.24, 2.45) is 0 Å². The Labute approximate surface area is 120 Å². The summed E-state index contributed by atoms with van der Waals surface area (Å²) in [6.45, 7) is 3.17. The summed E-state index contributed by atoms with van der Waals surface area (Å²) in [6.07, 6.45) is 2.18. The Hall–Kier alpha value is -0.100. The molecule has 1 amide bonds. The Bertz CT molecular complexity index is 385. The standard InChI is InChI=1S/C11H15BrN2OS.ClH/c1-7-9(3-2-5-13-7)14-11(15)10-8(12)4-6-16-10;/h4,6-7,9,13H,2-3,5H2,1H3,(H,14,15);1H. The van der Waals surface area contributed by atoms with E-state index in [1.807, 2.05) is 11.4 Å². The zero-order valence-electron chi connectivity index (χ0n) is 9.53. The molecule has 2 rings (SSSR count). The monoisotopic (exact) mass is 338 g/mol. The molecule has 2 heterocycles. The maximum atomic E-state index is 12.0. The Balaban J connectivity index is 0.00000144. The van der Waals surface area contributed by atoms with Crippen LogP contribution in [0.15, 0.2) is 15.9 Å². The van der Waals surface area contributed by atoms with E-state index >= 15 is 0 Å². The highest BCUT2D eigenvalue weighted by molar-refractivity contribution is 9.10. The maximum Gasteiger partial charge on any atom is 0.262 e. The van der Waals surface area contributed by atoms with Crippen molar-refractivity contribution >= 4 is 45.6 Å². The quantitative estimate of drug-likeness (QED) is 0.870. The van der Waals surface area contributed by atoms with Crippen LogP contribution >= 0.6 is 39.7 Å². The van der Waals surface area contributed by atoms with Crippen molar-refractivity contribution in [3.63, 3.8) is 0 Å². The molecule has 0 aromatic carbocycles. The molecule has 17 heavy (non-hydrogen) atoms. The molecule has 0 aliphatic carbocycles. The van der Waals surface area contributed by atoms with Crippen molar-refractivity contribution in [2.75, 3.05) is 6.54 Å². The zero-order chi connectivity index (χ0) is 11.5. The maximum absolute atomic E-state index is 12.0. The Morgan fingerprint density at radius 2 is 2.41 bits per heavy atom. The van der Waals surface area contributed by atoms with E-state index in [-0.39, 0.29) is 24.4 Å². The van der Waals surface area contributed by atoms with Gasteiger partial charge in [-0.1, -0.05) is 0 Å². The van der Waals surface area contributed by atoms with E-state index in [0.717, 1.165) is 28.7 Å². The second-order valence-electron chi connectivity index (χ2n) is 4.06. The van der Waals surface area contributed by atoms with Crippen molar-refractivity contribution < 1.29 is 4.79 Å². The first-order valence-electron chi connectivity index (χ1n) is 5.45. The van der Waals surface area contributed by atoms with Crippen molar-refractivity contribution in [3.05, 3.63) is 20.8 Å². The normalized spacial score (nSPS) is 23.9. The van der Waals surface area contributed by atoms with Crippen LogP contribution in [-0.2, 0) is 0 Å². The smallest absolute Gasteiger partial charge is 0.262 e. The van der Waals surface area contributed by atoms with E-state index in [2.05, 4.69) is 33.5 Å². The predicted molar refractivity (Wildman–Crippen MR) is 77.2 cm³/mol. The number of hydrogen-bond acceptors (Lipinski definition) is 3. The minimum Gasteiger partial charge on any atom is -0.347 e. The summed E-state index contributed by atoms with van der Waals surface area (Å²) in [6, 6.07) is 2.51. The summed E-state index contributed by atoms with van der Waals surface area (Å²) in [5.41, 5.74) is 0. The molecule has 6 heteroatoms. The molecule has 3 nitrogen and oxygen atoms in total. The summed E-state index contributed by atoms with van der Waals surface area (Å²) >= 11 is 4.85. The van der Waals surface area contributed by atoms with Gasteiger partial charge >= 0.3 is 0 Å². The number of thiophene rings is 1. The van der Waals surface area contributed by atoms with Gasteiger partial charge in [0.1, 0.15) is 4.88 Å². The van der Waals surface area contributed by atoms with Crippen LogP contribution in [0.5, 0.6) is 0 Å². The number of carbonyl (C=O) groups excluding carboxylic acids is 1. The van der Waals surface area contributed by atoms with E-state index < -0.39 is 0 Å². The summed E-state index contributed by atoms with van der Waals surface area (Å²) in [5, 5.41) is 8.38. The van der Waals surface area contributed by atoms with Crippen LogP contribution in [0.3, 0.4) is 0 Å². The van der Waals surface area contributed by atoms with E-state index in [1.54, 1.807) is 0 Å². The van der Waals surface area contributed by atoms with Crippen LogP contribution < -0.4 is 10.6 Å². The van der Waals surface area contributed by atoms with Crippen LogP contribution in [0.2, 0.25) is 0 Å². The molecular weight excluding hydrogens is 324 g/mol. The third-order valence-electron chi connectivity index (χ3n) is 2.90. The highest BCUT2D eigenvalue weighted by Crippen LogP contribution is 2.23. The minimum absolute atomic E-state index is 0. The van der Waals surface area contributed by atoms with Gasteiger partial charge in [-0.2, -0.15) is 0 Å². The highest BCUT2D eigenvalue weighted by Gasteiger charge is 2.23. The molecule has 2 unspecified atom stereocenters. The Morgan fingerprint density at radius 1 is 1.65 bits per heavy atom. The number of rotatable bonds is 2. The summed E-state index contributed by atoms with van der Waals surface area (Å²) in [4.78, 5) is 12.7. The number of hydrogen-bond donors (Lipinski definition) is 2. The van der Waals surface area contributed by atoms with E-state index in [0.29, 0.717) is 6.04 Å². The molecule has 2 atom stereocenters. The fourth-order valence-electron chi connectivity index (χ4n) is 1.93. The van der Waals surface area contributed by atoms with Crippen molar-refractivity contribution in [1.82, 2.24) is 10.6 Å². The average molecular weight is 340 g/mol. The summed E-state index contributed by atoms with van der Waals surface area (Å²) in [7, 11) is 0. The van der Waals surface area contributed by atoms with Gasteiger partial charge < -0.3 is 10.6 Å². The third-order valence-corrected chi connectivity index (χ3v) is 4.74. The highest BCUT2D eigenvalue weighted by atomic mass is 79.9. The molecule has 96 valence electrons. The fourth-order valence-corrected chi connectivity index (χ4v) is 3.39. The molecule has 0 spiro atoms. The molecule has 1 fully saturated rings. The van der Waals surface area contributed by atoms with Gasteiger partial charge in [-0.15, -0.1) is 23.7 Å². The zero-order valence-corrected chi connectivity index (χ0v) is 12.8. The predicted octanol–water partition coefficient (Wildman–Crippen LogP) is 2.80. The van der Waals surface area contributed by atoms with Crippen molar-refractivity contribution in [2.45, 2.75) is 31.8 Å². The summed E-state index contributed by atoms with van der Waals surface area (Å²) < 4.78 is 0.881. The van der Waals surface area contributed by atoms with Crippen LogP contribution in [0.25, 0.3) is 0 Å². The molecular formula is C11H16BrClN2OS. The second-order valence-corrected chi connectivity index (χ2v) is 5.83. The van der Waals surface area contributed by atoms with Gasteiger partial charge in [0.05, 0.1) is 0 Å². The Morgan fingerprint density at radius 3 is 3.00 bits per heavy atom. The molecule has 1 aliphatic heterocycles. The Kier molecular flexibility index (Phi) is 5.92. The molecule has 0 bridgehead atoms. The van der Waals surface area contributed by atoms with Crippen LogP contribution in [0.1, 0.15) is 29.4 Å². The topological polar surface area (TPSA) is 41.1 Å². The van der Waals surface area contributed by atoms with Crippen LogP contribution in [0, 0.1) is 0 Å². The van der Waals surface area contributed by atoms with Crippen LogP contribution in [0.4, 0.5) is 0 Å². The molecule has 1 aromatic heterocycles. The van der Waals surface area contributed by atoms with Gasteiger partial charge in [0.2, 0.25) is 0 Å². The first kappa shape index (κ1) is 15.0. The number of amides is 1. The van der Waals surface area contributed by atoms with Crippen LogP contribution in [-0.4, -0.2) is 24.5 Å². The molecule has 0 radical (unpaired) electrons. The van der Waals surface area contributed by atoms with Gasteiger partial charge in [-0.05, 0) is 53.7 Å². The SMILES string of the molecule is CC1NCCCC1NC(=O)c1sccc1Br.Cl. The van der Waals surface area contributed by atoms with E-state index in [4.69, 9.17) is 0 Å². The first-order valence-corrected chi connectivity index (χ1v) is 7.13. The van der Waals surface area contributed by atoms with E-state index in [1.165, 1.54) is 11.3 Å². The molecule has 0 saturated carbocycles. The lowest BCUT2D eigenvalue weighted by Crippen LogP contribution is -2.51. The largest absolute Gasteiger partial charge is 0.347 e. The molecule has 1 saturated heterocycles. The average Bonchev–Trinajstić information content (AvgIpc) is 2.68. The molecule has 1 aliphatic rings. The first-order chi connectivity index (χ1) is 7.68. The fraction of sp³-hybridized carbons (Fsp3) is 0.545. The lowest BCUT2D eigenvalue weighted by Gasteiger charge is -2.30. The van der Waals surface area contributed by atoms with Gasteiger partial charge in [0.15, 0.2) is 0 Å². The summed E-state index contributed by atoms with van der Waals surface area (Å²) in [5.74, 6) is 0.0300. The van der Waals surface area contributed by atoms with Crippen molar-refractivity contribution in [1.29, 1.82) is 0 Å². The number of carbonyl (C=O) groups is 1. The number of halogens is 2. The minimum atomic E-state index is 0. The van der Waals surface area contributed by atoms with Gasteiger partial charge in [0.25, 0.3) is 5.91 Å². The lowest BCUT2D eigenvalue weighted by molar-refractivity contribution is 0.0923. The molecule has 1 aromatic rings.